The zero-order valence-electron chi connectivity index (χ0n) is 50.1. The van der Waals surface area contributed by atoms with E-state index in [-0.39, 0.29) is 13.2 Å². The van der Waals surface area contributed by atoms with Crippen molar-refractivity contribution < 1.29 is 134 Å². The van der Waals surface area contributed by atoms with Crippen molar-refractivity contribution >= 4 is 0 Å². The lowest BCUT2D eigenvalue weighted by atomic mass is 9.79. The van der Waals surface area contributed by atoms with Gasteiger partial charge in [0, 0.05) is 12.0 Å². The predicted octanol–water partition coefficient (Wildman–Crippen LogP) is -1.65. The molecule has 27 heteroatoms. The van der Waals surface area contributed by atoms with Crippen molar-refractivity contribution in [2.75, 3.05) is 52.9 Å². The second-order valence-electron chi connectivity index (χ2n) is 24.0. The Bertz CT molecular complexity index is 1700. The minimum Gasteiger partial charge on any atom is -0.394 e. The van der Waals surface area contributed by atoms with Gasteiger partial charge in [-0.15, -0.1) is 0 Å². The van der Waals surface area contributed by atoms with Crippen LogP contribution in [0, 0.1) is 5.41 Å². The van der Waals surface area contributed by atoms with Crippen LogP contribution in [0.2, 0.25) is 0 Å². The number of aliphatic hydroxyl groups is 16. The zero-order chi connectivity index (χ0) is 62.2. The summed E-state index contributed by atoms with van der Waals surface area (Å²) in [6, 6.07) is 0. The van der Waals surface area contributed by atoms with E-state index < -0.39 is 192 Å². The number of aliphatic hydroxyl groups excluding tert-OH is 16. The summed E-state index contributed by atoms with van der Waals surface area (Å²) in [6.45, 7) is 2.66. The van der Waals surface area contributed by atoms with Crippen LogP contribution < -0.4 is 0 Å². The first-order chi connectivity index (χ1) is 40.8. The Kier molecular flexibility index (Phi) is 34.0. The topological polar surface area (TPSA) is 425 Å². The Hall–Kier alpha value is -1.08. The van der Waals surface area contributed by atoms with E-state index in [2.05, 4.69) is 20.8 Å². The van der Waals surface area contributed by atoms with Gasteiger partial charge in [-0.1, -0.05) is 136 Å². The summed E-state index contributed by atoms with van der Waals surface area (Å²) < 4.78 is 69.4. The summed E-state index contributed by atoms with van der Waals surface area (Å²) in [5, 5.41) is 174. The highest BCUT2D eigenvalue weighted by Gasteiger charge is 2.58. The van der Waals surface area contributed by atoms with Crippen LogP contribution >= 0.6 is 0 Å². The first kappa shape index (κ1) is 74.6. The molecule has 5 aliphatic rings. The van der Waals surface area contributed by atoms with E-state index in [1.165, 1.54) is 0 Å². The van der Waals surface area contributed by atoms with Gasteiger partial charge in [-0.2, -0.15) is 0 Å². The van der Waals surface area contributed by atoms with E-state index in [1.807, 2.05) is 0 Å². The van der Waals surface area contributed by atoms with E-state index in [4.69, 9.17) is 52.1 Å². The fourth-order valence-electron chi connectivity index (χ4n) is 11.7. The van der Waals surface area contributed by atoms with Crippen molar-refractivity contribution in [3.05, 3.63) is 0 Å². The molecule has 25 atom stereocenters. The quantitative estimate of drug-likeness (QED) is 0.0306. The smallest absolute Gasteiger partial charge is 0.187 e. The van der Waals surface area contributed by atoms with Gasteiger partial charge in [-0.05, 0) is 19.3 Å². The third kappa shape index (κ3) is 21.2. The Labute approximate surface area is 499 Å². The average Bonchev–Trinajstić information content (AvgIpc) is 2.87. The molecule has 5 aliphatic heterocycles. The molecule has 0 spiro atoms. The molecule has 85 heavy (non-hydrogen) atoms. The molecule has 0 aliphatic carbocycles. The number of hydrogen-bond donors (Lipinski definition) is 16. The molecule has 16 N–H and O–H groups in total. The number of rotatable bonds is 40. The molecular formula is C58H108O27. The number of ether oxygens (including phenoxy) is 11. The Morgan fingerprint density at radius 2 is 0.635 bits per heavy atom. The van der Waals surface area contributed by atoms with Gasteiger partial charge in [0.2, 0.25) is 0 Å². The lowest BCUT2D eigenvalue weighted by molar-refractivity contribution is -0.412. The molecule has 502 valence electrons. The molecule has 5 fully saturated rings. The molecule has 10 unspecified atom stereocenters. The SMILES string of the molecule is CCCCCCCCCC(CCCCCCCCC)(COCCCCCCC)CO[C@@H]1OC(CO[C@@H]2OC(CO)[C@@H](O)[C@H](O)C2O)[C@@H](O[C@@H]2OC(CO)[C@@H](O)[C@H](O)C2O)[C@H](O[C@@H]2OC(CO)[C@@H](O)[C@H](O)C2O)C1O[C@@H]1OC(CO)[C@@H](O)[C@H](O)C1O. The van der Waals surface area contributed by atoms with Gasteiger partial charge < -0.3 is 134 Å². The van der Waals surface area contributed by atoms with Gasteiger partial charge in [0.25, 0.3) is 0 Å². The van der Waals surface area contributed by atoms with Crippen LogP contribution in [0.1, 0.15) is 156 Å². The van der Waals surface area contributed by atoms with Crippen LogP contribution in [-0.4, -0.2) is 288 Å². The molecule has 0 aromatic heterocycles. The molecule has 0 aromatic rings. The summed E-state index contributed by atoms with van der Waals surface area (Å²) in [5.41, 5.74) is -0.729. The van der Waals surface area contributed by atoms with E-state index in [0.717, 1.165) is 122 Å². The Morgan fingerprint density at radius 3 is 1.04 bits per heavy atom. The molecule has 0 radical (unpaired) electrons. The van der Waals surface area contributed by atoms with Crippen LogP contribution in [0.5, 0.6) is 0 Å². The highest BCUT2D eigenvalue weighted by Crippen LogP contribution is 2.40. The minimum absolute atomic E-state index is 0.126. The maximum absolute atomic E-state index is 11.6. The molecule has 27 nitrogen and oxygen atoms in total. The molecule has 5 saturated heterocycles. The normalized spacial score (nSPS) is 39.4. The van der Waals surface area contributed by atoms with Gasteiger partial charge in [-0.25, -0.2) is 0 Å². The third-order valence-corrected chi connectivity index (χ3v) is 17.3. The van der Waals surface area contributed by atoms with Gasteiger partial charge in [0.15, 0.2) is 31.5 Å². The van der Waals surface area contributed by atoms with E-state index in [1.54, 1.807) is 0 Å². The van der Waals surface area contributed by atoms with Crippen molar-refractivity contribution in [1.82, 2.24) is 0 Å². The second-order valence-corrected chi connectivity index (χ2v) is 24.0. The highest BCUT2D eigenvalue weighted by atomic mass is 16.8. The third-order valence-electron chi connectivity index (χ3n) is 17.3. The van der Waals surface area contributed by atoms with E-state index in [0.29, 0.717) is 19.4 Å². The fraction of sp³-hybridized carbons (Fsp3) is 1.00. The highest BCUT2D eigenvalue weighted by molar-refractivity contribution is 5.00. The Balaban J connectivity index is 1.68. The first-order valence-corrected chi connectivity index (χ1v) is 31.5. The van der Waals surface area contributed by atoms with Gasteiger partial charge in [0.05, 0.1) is 46.2 Å². The lowest BCUT2D eigenvalue weighted by Crippen LogP contribution is -2.69. The predicted molar refractivity (Wildman–Crippen MR) is 297 cm³/mol. The number of unbranched alkanes of at least 4 members (excludes halogenated alkanes) is 16. The minimum atomic E-state index is -2.14. The first-order valence-electron chi connectivity index (χ1n) is 31.5. The van der Waals surface area contributed by atoms with Gasteiger partial charge >= 0.3 is 0 Å². The molecule has 5 rings (SSSR count). The molecule has 0 bridgehead atoms. The molecule has 5 heterocycles. The standard InChI is InChI=1S/C58H108O27/c1-4-7-10-13-15-17-20-23-58(24-21-18-16-14-11-8-5-2,31-75-25-22-19-12-9-6-3)32-77-57-52(85-56-49(74)45(70)41(66)36(29-62)81-56)51(84-55-48(73)44(69)40(65)35(28-61)80-55)50(83-54-47(72)43(68)39(64)34(27-60)79-54)37(82-57)30-76-53-46(71)42(67)38(63)33(26-59)78-53/h33-57,59-74H,4-32H2,1-3H3/t33?,34?,35?,36?,37?,38-,39-,40-,41-,42+,43+,44+,45+,46?,47?,48?,49?,50-,51+,52?,53-,54+,55+,56+,57-/m1/s1. The zero-order valence-corrected chi connectivity index (χ0v) is 50.1. The van der Waals surface area contributed by atoms with Crippen molar-refractivity contribution in [2.45, 2.75) is 309 Å². The van der Waals surface area contributed by atoms with Gasteiger partial charge in [0.1, 0.15) is 122 Å². The van der Waals surface area contributed by atoms with Crippen molar-refractivity contribution in [3.8, 4) is 0 Å². The summed E-state index contributed by atoms with van der Waals surface area (Å²) in [7, 11) is 0. The number of hydrogen-bond acceptors (Lipinski definition) is 27. The maximum Gasteiger partial charge on any atom is 0.187 e. The largest absolute Gasteiger partial charge is 0.394 e. The Morgan fingerprint density at radius 1 is 0.306 bits per heavy atom. The molecular weight excluding hydrogens is 1130 g/mol. The summed E-state index contributed by atoms with van der Waals surface area (Å²) in [5.74, 6) is 0. The van der Waals surface area contributed by atoms with Gasteiger partial charge in [-0.3, -0.25) is 0 Å². The van der Waals surface area contributed by atoms with E-state index in [9.17, 15) is 81.7 Å². The van der Waals surface area contributed by atoms with Crippen LogP contribution in [0.4, 0.5) is 0 Å². The van der Waals surface area contributed by atoms with Crippen molar-refractivity contribution in [3.63, 3.8) is 0 Å². The van der Waals surface area contributed by atoms with Crippen LogP contribution in [0.3, 0.4) is 0 Å². The fourth-order valence-corrected chi connectivity index (χ4v) is 11.7. The molecule has 0 amide bonds. The van der Waals surface area contributed by atoms with Crippen LogP contribution in [-0.2, 0) is 52.1 Å². The van der Waals surface area contributed by atoms with Crippen molar-refractivity contribution in [2.24, 2.45) is 5.41 Å². The second kappa shape index (κ2) is 38.7. The lowest BCUT2D eigenvalue weighted by Gasteiger charge is -2.52. The monoisotopic (exact) mass is 1240 g/mol. The average molecular weight is 1240 g/mol. The van der Waals surface area contributed by atoms with Crippen LogP contribution in [0.15, 0.2) is 0 Å². The maximum atomic E-state index is 11.6. The summed E-state index contributed by atoms with van der Waals surface area (Å²) in [6.07, 6.45) is -26.9. The summed E-state index contributed by atoms with van der Waals surface area (Å²) in [4.78, 5) is 0. The molecule has 0 saturated carbocycles. The molecule has 0 aromatic carbocycles. The van der Waals surface area contributed by atoms with Crippen LogP contribution in [0.25, 0.3) is 0 Å². The van der Waals surface area contributed by atoms with E-state index >= 15 is 0 Å². The van der Waals surface area contributed by atoms with Crippen molar-refractivity contribution in [1.29, 1.82) is 0 Å². The summed E-state index contributed by atoms with van der Waals surface area (Å²) >= 11 is 0.